The van der Waals surface area contributed by atoms with E-state index in [0.29, 0.717) is 12.8 Å². The Labute approximate surface area is 151 Å². The van der Waals surface area contributed by atoms with Crippen LogP contribution >= 0.6 is 0 Å². The highest BCUT2D eigenvalue weighted by atomic mass is 16.5. The van der Waals surface area contributed by atoms with Crippen LogP contribution in [0.25, 0.3) is 0 Å². The van der Waals surface area contributed by atoms with E-state index in [1.54, 1.807) is 0 Å². The minimum atomic E-state index is -1.10. The first-order valence-corrected chi connectivity index (χ1v) is 8.41. The molecule has 26 heavy (non-hydrogen) atoms. The van der Waals surface area contributed by atoms with Crippen molar-refractivity contribution in [2.75, 3.05) is 27.2 Å². The van der Waals surface area contributed by atoms with Gasteiger partial charge >= 0.3 is 5.97 Å². The monoisotopic (exact) mass is 365 g/mol. The van der Waals surface area contributed by atoms with Crippen molar-refractivity contribution in [2.24, 2.45) is 11.8 Å². The summed E-state index contributed by atoms with van der Waals surface area (Å²) >= 11 is 0. The summed E-state index contributed by atoms with van der Waals surface area (Å²) < 4.78 is 4.94. The fourth-order valence-corrected chi connectivity index (χ4v) is 3.06. The highest BCUT2D eigenvalue weighted by Crippen LogP contribution is 2.36. The molecule has 2 aliphatic rings. The molecule has 9 heteroatoms. The van der Waals surface area contributed by atoms with E-state index < -0.39 is 36.4 Å². The number of carbonyl (C=O) groups is 5. The van der Waals surface area contributed by atoms with Gasteiger partial charge in [0.25, 0.3) is 5.91 Å². The Morgan fingerprint density at radius 1 is 1.23 bits per heavy atom. The predicted molar refractivity (Wildman–Crippen MR) is 89.3 cm³/mol. The first-order chi connectivity index (χ1) is 12.3. The molecule has 9 nitrogen and oxygen atoms in total. The molecule has 1 aliphatic carbocycles. The number of fused-ring (bicyclic) bond motifs is 1. The first-order valence-electron chi connectivity index (χ1n) is 8.41. The third kappa shape index (κ3) is 3.92. The second kappa shape index (κ2) is 8.11. The molecule has 142 valence electrons. The third-order valence-electron chi connectivity index (χ3n) is 4.69. The quantitative estimate of drug-likeness (QED) is 0.370. The molecule has 1 fully saturated rings. The van der Waals surface area contributed by atoms with Crippen LogP contribution in [0.15, 0.2) is 12.2 Å². The van der Waals surface area contributed by atoms with Crippen LogP contribution in [0.3, 0.4) is 0 Å². The van der Waals surface area contributed by atoms with Crippen molar-refractivity contribution in [3.05, 3.63) is 12.2 Å². The summed E-state index contributed by atoms with van der Waals surface area (Å²) in [4.78, 5) is 62.3. The van der Waals surface area contributed by atoms with Gasteiger partial charge in [0.15, 0.2) is 6.61 Å². The van der Waals surface area contributed by atoms with Crippen molar-refractivity contribution in [1.82, 2.24) is 15.1 Å². The Balaban J connectivity index is 1.91. The Kier molecular flexibility index (Phi) is 6.12. The maximum Gasteiger partial charge on any atom is 0.329 e. The maximum atomic E-state index is 12.4. The number of likely N-dealkylation sites (N-methyl/N-ethyl adjacent to an activating group) is 2. The van der Waals surface area contributed by atoms with Crippen molar-refractivity contribution < 1.29 is 28.7 Å². The second-order valence-corrected chi connectivity index (χ2v) is 6.41. The van der Waals surface area contributed by atoms with Crippen LogP contribution in [0.1, 0.15) is 19.8 Å². The molecule has 1 saturated heterocycles. The number of imide groups is 1. The highest BCUT2D eigenvalue weighted by Gasteiger charge is 2.50. The zero-order valence-electron chi connectivity index (χ0n) is 15.1. The minimum absolute atomic E-state index is 0.165. The van der Waals surface area contributed by atoms with E-state index in [9.17, 15) is 24.0 Å². The molecule has 0 aromatic heterocycles. The number of esters is 1. The summed E-state index contributed by atoms with van der Waals surface area (Å²) in [6, 6.07) is -1.10. The molecule has 0 aromatic carbocycles. The number of ether oxygens (including phenoxy) is 1. The zero-order valence-corrected chi connectivity index (χ0v) is 15.1. The number of likely N-dealkylation sites (tertiary alicyclic amines) is 1. The summed E-state index contributed by atoms with van der Waals surface area (Å²) in [6.45, 7) is 0.671. The standard InChI is InChI=1S/C17H23N3O6/c1-10(17(25)26-9-14(22)19(3)8-13(21)18-2)20-15(23)11-6-4-5-7-12(11)16(20)24/h4-5,10-12H,6-9H2,1-3H3,(H,18,21)/t10-,11-,12+/m0/s1. The SMILES string of the molecule is CNC(=O)CN(C)C(=O)COC(=O)[C@H](C)N1C(=O)[C@H]2CC=CC[C@H]2C1=O. The van der Waals surface area contributed by atoms with Crippen molar-refractivity contribution in [2.45, 2.75) is 25.8 Å². The first kappa shape index (κ1) is 19.6. The summed E-state index contributed by atoms with van der Waals surface area (Å²) in [7, 11) is 2.85. The molecule has 0 spiro atoms. The molecule has 2 rings (SSSR count). The van der Waals surface area contributed by atoms with Crippen LogP contribution in [0, 0.1) is 11.8 Å². The summed E-state index contributed by atoms with van der Waals surface area (Å²) in [5.41, 5.74) is 0. The van der Waals surface area contributed by atoms with E-state index >= 15 is 0 Å². The molecule has 1 heterocycles. The van der Waals surface area contributed by atoms with Crippen LogP contribution in [0.5, 0.6) is 0 Å². The molecule has 0 radical (unpaired) electrons. The number of nitrogens with zero attached hydrogens (tertiary/aromatic N) is 2. The average molecular weight is 365 g/mol. The van der Waals surface area contributed by atoms with E-state index in [4.69, 9.17) is 4.74 Å². The van der Waals surface area contributed by atoms with Crippen molar-refractivity contribution in [3.8, 4) is 0 Å². The molecule has 0 saturated carbocycles. The molecule has 0 aromatic rings. The van der Waals surface area contributed by atoms with Gasteiger partial charge in [-0.1, -0.05) is 12.2 Å². The molecule has 0 unspecified atom stereocenters. The summed E-state index contributed by atoms with van der Waals surface area (Å²) in [5, 5.41) is 2.38. The lowest BCUT2D eigenvalue weighted by molar-refractivity contribution is -0.161. The molecule has 3 atom stereocenters. The lowest BCUT2D eigenvalue weighted by atomic mass is 9.85. The normalized spacial score (nSPS) is 22.7. The predicted octanol–water partition coefficient (Wildman–Crippen LogP) is -0.926. The van der Waals surface area contributed by atoms with Gasteiger partial charge in [-0.05, 0) is 19.8 Å². The van der Waals surface area contributed by atoms with Gasteiger partial charge in [-0.3, -0.25) is 24.1 Å². The highest BCUT2D eigenvalue weighted by molar-refractivity contribution is 6.08. The van der Waals surface area contributed by atoms with E-state index in [2.05, 4.69) is 5.32 Å². The maximum absolute atomic E-state index is 12.4. The van der Waals surface area contributed by atoms with Crippen molar-refractivity contribution in [1.29, 1.82) is 0 Å². The van der Waals surface area contributed by atoms with Gasteiger partial charge in [0, 0.05) is 14.1 Å². The van der Waals surface area contributed by atoms with E-state index in [1.165, 1.54) is 21.0 Å². The van der Waals surface area contributed by atoms with E-state index in [1.807, 2.05) is 12.2 Å². The van der Waals surface area contributed by atoms with Gasteiger partial charge in [0.2, 0.25) is 17.7 Å². The molecular weight excluding hydrogens is 342 g/mol. The van der Waals surface area contributed by atoms with Crippen LogP contribution < -0.4 is 5.32 Å². The van der Waals surface area contributed by atoms with E-state index in [0.717, 1.165) is 9.80 Å². The number of carbonyl (C=O) groups excluding carboxylic acids is 5. The Hall–Kier alpha value is -2.71. The number of nitrogens with one attached hydrogen (secondary N) is 1. The summed E-state index contributed by atoms with van der Waals surface area (Å²) in [6.07, 6.45) is 4.69. The number of hydrogen-bond acceptors (Lipinski definition) is 6. The van der Waals surface area contributed by atoms with Gasteiger partial charge in [-0.2, -0.15) is 0 Å². The number of hydrogen-bond donors (Lipinski definition) is 1. The summed E-state index contributed by atoms with van der Waals surface area (Å²) in [5.74, 6) is -3.36. The lowest BCUT2D eigenvalue weighted by Gasteiger charge is -2.22. The average Bonchev–Trinajstić information content (AvgIpc) is 2.89. The molecule has 4 amide bonds. The lowest BCUT2D eigenvalue weighted by Crippen LogP contribution is -2.45. The third-order valence-corrected chi connectivity index (χ3v) is 4.69. The zero-order chi connectivity index (χ0) is 19.4. The molecular formula is C17H23N3O6. The fourth-order valence-electron chi connectivity index (χ4n) is 3.06. The van der Waals surface area contributed by atoms with E-state index in [-0.39, 0.29) is 24.3 Å². The second-order valence-electron chi connectivity index (χ2n) is 6.41. The largest absolute Gasteiger partial charge is 0.454 e. The van der Waals surface area contributed by atoms with Gasteiger partial charge in [0.05, 0.1) is 18.4 Å². The molecule has 1 N–H and O–H groups in total. The minimum Gasteiger partial charge on any atom is -0.454 e. The smallest absolute Gasteiger partial charge is 0.329 e. The Bertz CT molecular complexity index is 633. The number of amides is 4. The van der Waals surface area contributed by atoms with Crippen LogP contribution in [-0.4, -0.2) is 72.7 Å². The van der Waals surface area contributed by atoms with Crippen LogP contribution in [-0.2, 0) is 28.7 Å². The number of rotatable bonds is 6. The van der Waals surface area contributed by atoms with Crippen LogP contribution in [0.4, 0.5) is 0 Å². The fraction of sp³-hybridized carbons (Fsp3) is 0.588. The molecule has 1 aliphatic heterocycles. The number of allylic oxidation sites excluding steroid dienone is 2. The Morgan fingerprint density at radius 3 is 2.27 bits per heavy atom. The van der Waals surface area contributed by atoms with Crippen molar-refractivity contribution >= 4 is 29.6 Å². The van der Waals surface area contributed by atoms with Gasteiger partial charge in [0.1, 0.15) is 6.04 Å². The Morgan fingerprint density at radius 2 is 1.77 bits per heavy atom. The van der Waals surface area contributed by atoms with Gasteiger partial charge in [-0.25, -0.2) is 4.79 Å². The van der Waals surface area contributed by atoms with Gasteiger partial charge in [-0.15, -0.1) is 0 Å². The topological polar surface area (TPSA) is 113 Å². The van der Waals surface area contributed by atoms with Gasteiger partial charge < -0.3 is 15.0 Å². The van der Waals surface area contributed by atoms with Crippen LogP contribution in [0.2, 0.25) is 0 Å². The van der Waals surface area contributed by atoms with Crippen molar-refractivity contribution in [3.63, 3.8) is 0 Å². The molecule has 0 bridgehead atoms.